The average Bonchev–Trinajstić information content (AvgIpc) is 2.81. The molecule has 1 saturated heterocycles. The number of nitrogens with zero attached hydrogens (tertiary/aromatic N) is 4. The maximum absolute atomic E-state index is 13.5. The van der Waals surface area contributed by atoms with Crippen LogP contribution in [0, 0.1) is 0 Å². The van der Waals surface area contributed by atoms with Crippen molar-refractivity contribution in [2.24, 2.45) is 0 Å². The van der Waals surface area contributed by atoms with Crippen LogP contribution >= 0.6 is 0 Å². The number of carbonyl (C=O) groups is 1. The van der Waals surface area contributed by atoms with Crippen molar-refractivity contribution in [2.45, 2.75) is 25.6 Å². The monoisotopic (exact) mass is 438 g/mol. The summed E-state index contributed by atoms with van der Waals surface area (Å²) in [4.78, 5) is 29.3. The maximum Gasteiger partial charge on any atom is 0.262 e. The van der Waals surface area contributed by atoms with Crippen LogP contribution in [-0.2, 0) is 0 Å². The van der Waals surface area contributed by atoms with Gasteiger partial charge in [0.05, 0.1) is 18.4 Å². The number of hydrogen-bond donors (Lipinski definition) is 2. The first-order valence-electron chi connectivity index (χ1n) is 10.3. The van der Waals surface area contributed by atoms with E-state index in [4.69, 9.17) is 9.47 Å². The summed E-state index contributed by atoms with van der Waals surface area (Å²) in [6, 6.07) is 4.99. The molecule has 0 bridgehead atoms. The normalized spacial score (nSPS) is 18.1. The highest BCUT2D eigenvalue weighted by atomic mass is 19.1. The van der Waals surface area contributed by atoms with E-state index in [1.165, 1.54) is 12.4 Å². The lowest BCUT2D eigenvalue weighted by Gasteiger charge is -2.26. The van der Waals surface area contributed by atoms with Gasteiger partial charge in [0.25, 0.3) is 11.8 Å². The molecule has 3 aromatic heterocycles. The minimum Gasteiger partial charge on any atom is -0.488 e. The van der Waals surface area contributed by atoms with E-state index >= 15 is 0 Å². The van der Waals surface area contributed by atoms with Crippen molar-refractivity contribution in [1.82, 2.24) is 30.6 Å². The van der Waals surface area contributed by atoms with Gasteiger partial charge in [-0.1, -0.05) is 0 Å². The first-order valence-corrected chi connectivity index (χ1v) is 10.3. The highest BCUT2D eigenvalue weighted by molar-refractivity contribution is 5.93. The first kappa shape index (κ1) is 21.6. The third-order valence-corrected chi connectivity index (χ3v) is 4.77. The zero-order valence-corrected chi connectivity index (χ0v) is 17.5. The van der Waals surface area contributed by atoms with Gasteiger partial charge in [-0.05, 0) is 25.1 Å². The van der Waals surface area contributed by atoms with Crippen molar-refractivity contribution in [3.05, 3.63) is 54.7 Å². The van der Waals surface area contributed by atoms with Gasteiger partial charge in [-0.3, -0.25) is 9.78 Å². The number of nitrogens with one attached hydrogen (secondary N) is 2. The molecule has 1 fully saturated rings. The molecule has 2 atom stereocenters. The molecule has 0 saturated carbocycles. The second-order valence-corrected chi connectivity index (χ2v) is 7.21. The standard InChI is InChI=1S/C22H23FN6O3/c1-2-31-19-4-3-5-26-22(19)32-18-6-14(8-24-13-18)20-27-9-15(10-28-20)21(30)29-17-7-16(23)11-25-12-17/h3-6,8-10,13,16-17,25H,2,7,11-12H2,1H3,(H,29,30)/t16-,17-/m1/s1. The molecule has 0 aromatic carbocycles. The zero-order chi connectivity index (χ0) is 22.3. The number of halogens is 1. The van der Waals surface area contributed by atoms with Crippen LogP contribution in [0.4, 0.5) is 4.39 Å². The van der Waals surface area contributed by atoms with Gasteiger partial charge < -0.3 is 20.1 Å². The number of hydrogen-bond acceptors (Lipinski definition) is 8. The molecule has 0 spiro atoms. The van der Waals surface area contributed by atoms with Gasteiger partial charge in [0.15, 0.2) is 11.6 Å². The summed E-state index contributed by atoms with van der Waals surface area (Å²) in [5.74, 6) is 1.34. The third-order valence-electron chi connectivity index (χ3n) is 4.77. The molecule has 1 amide bonds. The van der Waals surface area contributed by atoms with Crippen LogP contribution in [0.2, 0.25) is 0 Å². The molecular formula is C22H23FN6O3. The Bertz CT molecular complexity index is 1070. The molecule has 10 heteroatoms. The number of carbonyl (C=O) groups excluding carboxylic acids is 1. The Hall–Kier alpha value is -3.66. The summed E-state index contributed by atoms with van der Waals surface area (Å²) in [7, 11) is 0. The third kappa shape index (κ3) is 5.33. The van der Waals surface area contributed by atoms with Crippen LogP contribution in [0.15, 0.2) is 49.2 Å². The lowest BCUT2D eigenvalue weighted by atomic mass is 10.1. The summed E-state index contributed by atoms with van der Waals surface area (Å²) in [5, 5.41) is 5.76. The molecule has 2 N–H and O–H groups in total. The van der Waals surface area contributed by atoms with Crippen molar-refractivity contribution >= 4 is 5.91 Å². The molecule has 32 heavy (non-hydrogen) atoms. The summed E-state index contributed by atoms with van der Waals surface area (Å²) in [6.07, 6.45) is 6.94. The number of rotatable bonds is 7. The summed E-state index contributed by atoms with van der Waals surface area (Å²) in [5.41, 5.74) is 0.907. The molecule has 0 aliphatic carbocycles. The average molecular weight is 438 g/mol. The van der Waals surface area contributed by atoms with E-state index < -0.39 is 6.17 Å². The SMILES string of the molecule is CCOc1cccnc1Oc1cncc(-c2ncc(C(=O)N[C@H]3CNC[C@H](F)C3)cn2)c1. The van der Waals surface area contributed by atoms with Gasteiger partial charge in [0, 0.05) is 55.9 Å². The van der Waals surface area contributed by atoms with E-state index in [1.807, 2.05) is 6.92 Å². The van der Waals surface area contributed by atoms with Crippen molar-refractivity contribution in [2.75, 3.05) is 19.7 Å². The van der Waals surface area contributed by atoms with E-state index in [0.29, 0.717) is 54.0 Å². The van der Waals surface area contributed by atoms with E-state index in [-0.39, 0.29) is 18.4 Å². The second-order valence-electron chi connectivity index (χ2n) is 7.21. The number of ether oxygens (including phenoxy) is 2. The van der Waals surface area contributed by atoms with Gasteiger partial charge in [-0.25, -0.2) is 19.3 Å². The summed E-state index contributed by atoms with van der Waals surface area (Å²) < 4.78 is 24.8. The number of amides is 1. The largest absolute Gasteiger partial charge is 0.488 e. The number of alkyl halides is 1. The minimum absolute atomic E-state index is 0.267. The van der Waals surface area contributed by atoms with Gasteiger partial charge >= 0.3 is 0 Å². The Morgan fingerprint density at radius 2 is 2.06 bits per heavy atom. The van der Waals surface area contributed by atoms with Crippen LogP contribution in [0.1, 0.15) is 23.7 Å². The Balaban J connectivity index is 1.45. The molecule has 3 aromatic rings. The Morgan fingerprint density at radius 1 is 1.22 bits per heavy atom. The van der Waals surface area contributed by atoms with E-state index in [1.54, 1.807) is 36.8 Å². The lowest BCUT2D eigenvalue weighted by molar-refractivity contribution is 0.0918. The Kier molecular flexibility index (Phi) is 6.81. The fourth-order valence-electron chi connectivity index (χ4n) is 3.29. The molecule has 0 radical (unpaired) electrons. The van der Waals surface area contributed by atoms with Crippen molar-refractivity contribution < 1.29 is 18.7 Å². The number of piperidine rings is 1. The highest BCUT2D eigenvalue weighted by Gasteiger charge is 2.23. The quantitative estimate of drug-likeness (QED) is 0.579. The lowest BCUT2D eigenvalue weighted by Crippen LogP contribution is -2.49. The van der Waals surface area contributed by atoms with Crippen LogP contribution < -0.4 is 20.1 Å². The van der Waals surface area contributed by atoms with Gasteiger partial charge in [0.2, 0.25) is 0 Å². The first-order chi connectivity index (χ1) is 15.6. The number of aromatic nitrogens is 4. The zero-order valence-electron chi connectivity index (χ0n) is 17.5. The predicted molar refractivity (Wildman–Crippen MR) is 114 cm³/mol. The molecule has 1 aliphatic heterocycles. The van der Waals surface area contributed by atoms with Crippen LogP contribution in [0.25, 0.3) is 11.4 Å². The van der Waals surface area contributed by atoms with Crippen molar-refractivity contribution in [1.29, 1.82) is 0 Å². The van der Waals surface area contributed by atoms with E-state index in [9.17, 15) is 9.18 Å². The fourth-order valence-corrected chi connectivity index (χ4v) is 3.29. The Labute approximate surface area is 184 Å². The van der Waals surface area contributed by atoms with Gasteiger partial charge in [-0.15, -0.1) is 0 Å². The molecule has 1 aliphatic rings. The molecular weight excluding hydrogens is 415 g/mol. The highest BCUT2D eigenvalue weighted by Crippen LogP contribution is 2.30. The van der Waals surface area contributed by atoms with Crippen LogP contribution in [-0.4, -0.2) is 57.8 Å². The molecule has 0 unspecified atom stereocenters. The minimum atomic E-state index is -0.967. The molecule has 4 rings (SSSR count). The topological polar surface area (TPSA) is 111 Å². The summed E-state index contributed by atoms with van der Waals surface area (Å²) in [6.45, 7) is 3.21. The number of pyridine rings is 2. The molecule has 9 nitrogen and oxygen atoms in total. The van der Waals surface area contributed by atoms with E-state index in [0.717, 1.165) is 0 Å². The Morgan fingerprint density at radius 3 is 2.84 bits per heavy atom. The van der Waals surface area contributed by atoms with Crippen LogP contribution in [0.3, 0.4) is 0 Å². The van der Waals surface area contributed by atoms with Crippen molar-refractivity contribution in [3.8, 4) is 28.8 Å². The van der Waals surface area contributed by atoms with Crippen LogP contribution in [0.5, 0.6) is 17.4 Å². The van der Waals surface area contributed by atoms with E-state index in [2.05, 4.69) is 30.6 Å². The molecule has 166 valence electrons. The smallest absolute Gasteiger partial charge is 0.262 e. The maximum atomic E-state index is 13.5. The predicted octanol–water partition coefficient (Wildman–Crippen LogP) is 2.55. The molecule has 4 heterocycles. The fraction of sp³-hybridized carbons (Fsp3) is 0.318. The second kappa shape index (κ2) is 10.1. The van der Waals surface area contributed by atoms with Gasteiger partial charge in [-0.2, -0.15) is 0 Å². The van der Waals surface area contributed by atoms with Crippen molar-refractivity contribution in [3.63, 3.8) is 0 Å². The summed E-state index contributed by atoms with van der Waals surface area (Å²) >= 11 is 0. The van der Waals surface area contributed by atoms with Gasteiger partial charge in [0.1, 0.15) is 11.9 Å².